The number of allylic oxidation sites excluding steroid dienone is 10. The van der Waals surface area contributed by atoms with Crippen LogP contribution in [0.25, 0.3) is 0 Å². The van der Waals surface area contributed by atoms with Gasteiger partial charge in [0.25, 0.3) is 0 Å². The maximum atomic E-state index is 12.8. The Balaban J connectivity index is 4.30. The maximum Gasteiger partial charge on any atom is 0.306 e. The Bertz CT molecular complexity index is 1230. The zero-order valence-electron chi connectivity index (χ0n) is 45.1. The molecule has 1 unspecified atom stereocenters. The molecular weight excluding hydrogens is 841 g/mol. The standard InChI is InChI=1S/C62H110O6/c1-4-7-10-13-16-19-22-25-27-28-29-30-31-32-33-34-35-38-40-43-46-49-52-55-61(64)67-58-59(57-66-60(63)54-51-48-45-42-39-36-24-21-18-15-12-9-6-3)68-62(65)56-53-50-47-44-41-37-26-23-20-17-14-11-8-5-2/h12,15,21-26,28-29,59H,4-11,13-14,16-20,27,30-58H2,1-3H3/b15-12-,24-21-,25-22-,26-23-,29-28-. The number of unbranched alkanes of at least 4 members (excludes halogenated alkanes) is 32. The van der Waals surface area contributed by atoms with Crippen LogP contribution in [-0.4, -0.2) is 37.2 Å². The first-order valence-electron chi connectivity index (χ1n) is 29.3. The van der Waals surface area contributed by atoms with Crippen LogP contribution in [0.15, 0.2) is 60.8 Å². The lowest BCUT2D eigenvalue weighted by atomic mass is 10.0. The summed E-state index contributed by atoms with van der Waals surface area (Å²) in [6.07, 6.45) is 70.7. The topological polar surface area (TPSA) is 78.9 Å². The second-order valence-corrected chi connectivity index (χ2v) is 19.5. The number of esters is 3. The summed E-state index contributed by atoms with van der Waals surface area (Å²) in [7, 11) is 0. The van der Waals surface area contributed by atoms with Crippen LogP contribution >= 0.6 is 0 Å². The van der Waals surface area contributed by atoms with Crippen molar-refractivity contribution in [3.05, 3.63) is 60.8 Å². The van der Waals surface area contributed by atoms with Gasteiger partial charge >= 0.3 is 17.9 Å². The Hall–Kier alpha value is -2.89. The van der Waals surface area contributed by atoms with Gasteiger partial charge in [-0.05, 0) is 103 Å². The number of carbonyl (C=O) groups is 3. The van der Waals surface area contributed by atoms with Gasteiger partial charge in [0.15, 0.2) is 6.10 Å². The Labute approximate surface area is 421 Å². The summed E-state index contributed by atoms with van der Waals surface area (Å²) in [6.45, 7) is 6.56. The quantitative estimate of drug-likeness (QED) is 0.0262. The SMILES string of the molecule is CCC/C=C\C/C=C\CCCCCCCC(=O)OCC(COC(=O)CCCCCCCCCCCCC/C=C\C/C=C\CCCCCCC)OC(=O)CCCCCCC/C=C\CCCCCCC. The van der Waals surface area contributed by atoms with Crippen LogP contribution in [0.3, 0.4) is 0 Å². The molecule has 0 aliphatic rings. The predicted octanol–water partition coefficient (Wildman–Crippen LogP) is 19.6. The summed E-state index contributed by atoms with van der Waals surface area (Å²) in [5, 5.41) is 0. The van der Waals surface area contributed by atoms with Gasteiger partial charge in [0.2, 0.25) is 0 Å². The highest BCUT2D eigenvalue weighted by atomic mass is 16.6. The first kappa shape index (κ1) is 65.1. The van der Waals surface area contributed by atoms with E-state index < -0.39 is 6.10 Å². The molecule has 0 N–H and O–H groups in total. The van der Waals surface area contributed by atoms with E-state index in [1.807, 2.05) is 0 Å². The molecule has 0 fully saturated rings. The molecular formula is C62H110O6. The van der Waals surface area contributed by atoms with E-state index in [1.54, 1.807) is 0 Å². The number of hydrogen-bond donors (Lipinski definition) is 0. The van der Waals surface area contributed by atoms with Crippen molar-refractivity contribution in [2.24, 2.45) is 0 Å². The van der Waals surface area contributed by atoms with Gasteiger partial charge in [0.1, 0.15) is 13.2 Å². The van der Waals surface area contributed by atoms with Gasteiger partial charge in [-0.15, -0.1) is 0 Å². The molecule has 0 spiro atoms. The average Bonchev–Trinajstić information content (AvgIpc) is 3.34. The van der Waals surface area contributed by atoms with Gasteiger partial charge in [-0.3, -0.25) is 14.4 Å². The Morgan fingerprint density at radius 2 is 0.559 bits per heavy atom. The lowest BCUT2D eigenvalue weighted by Crippen LogP contribution is -2.30. The van der Waals surface area contributed by atoms with Crippen molar-refractivity contribution >= 4 is 17.9 Å². The lowest BCUT2D eigenvalue weighted by molar-refractivity contribution is -0.167. The third-order valence-corrected chi connectivity index (χ3v) is 12.7. The molecule has 0 aromatic carbocycles. The first-order valence-corrected chi connectivity index (χ1v) is 29.3. The number of ether oxygens (including phenoxy) is 3. The van der Waals surface area contributed by atoms with Crippen LogP contribution in [0.4, 0.5) is 0 Å². The van der Waals surface area contributed by atoms with Gasteiger partial charge in [-0.25, -0.2) is 0 Å². The summed E-state index contributed by atoms with van der Waals surface area (Å²) in [6, 6.07) is 0. The largest absolute Gasteiger partial charge is 0.462 e. The molecule has 0 aromatic rings. The maximum absolute atomic E-state index is 12.8. The average molecular weight is 952 g/mol. The summed E-state index contributed by atoms with van der Waals surface area (Å²) >= 11 is 0. The van der Waals surface area contributed by atoms with E-state index in [0.29, 0.717) is 19.3 Å². The molecule has 6 nitrogen and oxygen atoms in total. The molecule has 1 atom stereocenters. The highest BCUT2D eigenvalue weighted by Gasteiger charge is 2.19. The smallest absolute Gasteiger partial charge is 0.306 e. The van der Waals surface area contributed by atoms with E-state index in [2.05, 4.69) is 81.5 Å². The number of hydrogen-bond acceptors (Lipinski definition) is 6. The lowest BCUT2D eigenvalue weighted by Gasteiger charge is -2.18. The molecule has 6 heteroatoms. The molecule has 0 aliphatic heterocycles. The molecule has 394 valence electrons. The normalized spacial score (nSPS) is 12.5. The summed E-state index contributed by atoms with van der Waals surface area (Å²) < 4.78 is 16.8. The molecule has 0 saturated heterocycles. The van der Waals surface area contributed by atoms with Gasteiger partial charge in [-0.2, -0.15) is 0 Å². The second-order valence-electron chi connectivity index (χ2n) is 19.5. The van der Waals surface area contributed by atoms with E-state index >= 15 is 0 Å². The number of carbonyl (C=O) groups excluding carboxylic acids is 3. The highest BCUT2D eigenvalue weighted by molar-refractivity contribution is 5.71. The van der Waals surface area contributed by atoms with Crippen LogP contribution in [0, 0.1) is 0 Å². The van der Waals surface area contributed by atoms with Crippen molar-refractivity contribution in [3.63, 3.8) is 0 Å². The summed E-state index contributed by atoms with van der Waals surface area (Å²) in [5.74, 6) is -0.898. The van der Waals surface area contributed by atoms with Gasteiger partial charge in [-0.1, -0.05) is 236 Å². The fraction of sp³-hybridized carbons (Fsp3) is 0.790. The minimum atomic E-state index is -0.784. The molecule has 0 heterocycles. The van der Waals surface area contributed by atoms with Crippen molar-refractivity contribution < 1.29 is 28.6 Å². The van der Waals surface area contributed by atoms with E-state index in [1.165, 1.54) is 154 Å². The summed E-state index contributed by atoms with van der Waals surface area (Å²) in [5.41, 5.74) is 0. The molecule has 0 aliphatic carbocycles. The van der Waals surface area contributed by atoms with Crippen molar-refractivity contribution in [1.29, 1.82) is 0 Å². The van der Waals surface area contributed by atoms with E-state index in [4.69, 9.17) is 14.2 Å². The molecule has 0 rings (SSSR count). The predicted molar refractivity (Wildman–Crippen MR) is 293 cm³/mol. The molecule has 0 saturated carbocycles. The van der Waals surface area contributed by atoms with Crippen LogP contribution in [0.1, 0.15) is 297 Å². The Kier molecular flexibility index (Phi) is 54.3. The zero-order valence-corrected chi connectivity index (χ0v) is 45.1. The molecule has 0 amide bonds. The minimum Gasteiger partial charge on any atom is -0.462 e. The third-order valence-electron chi connectivity index (χ3n) is 12.7. The third kappa shape index (κ3) is 54.1. The van der Waals surface area contributed by atoms with Crippen molar-refractivity contribution in [3.8, 4) is 0 Å². The Morgan fingerprint density at radius 1 is 0.294 bits per heavy atom. The van der Waals surface area contributed by atoms with Gasteiger partial charge in [0.05, 0.1) is 0 Å². The van der Waals surface area contributed by atoms with Crippen molar-refractivity contribution in [1.82, 2.24) is 0 Å². The molecule has 0 bridgehead atoms. The molecule has 0 aromatic heterocycles. The van der Waals surface area contributed by atoms with Crippen LogP contribution in [-0.2, 0) is 28.6 Å². The number of rotatable bonds is 53. The van der Waals surface area contributed by atoms with E-state index in [-0.39, 0.29) is 31.1 Å². The van der Waals surface area contributed by atoms with E-state index in [0.717, 1.165) is 103 Å². The van der Waals surface area contributed by atoms with Gasteiger partial charge < -0.3 is 14.2 Å². The fourth-order valence-electron chi connectivity index (χ4n) is 8.27. The van der Waals surface area contributed by atoms with Gasteiger partial charge in [0, 0.05) is 19.3 Å². The molecule has 0 radical (unpaired) electrons. The minimum absolute atomic E-state index is 0.0821. The fourth-order valence-corrected chi connectivity index (χ4v) is 8.27. The van der Waals surface area contributed by atoms with Crippen LogP contribution in [0.2, 0.25) is 0 Å². The monoisotopic (exact) mass is 951 g/mol. The highest BCUT2D eigenvalue weighted by Crippen LogP contribution is 2.15. The van der Waals surface area contributed by atoms with Crippen molar-refractivity contribution in [2.75, 3.05) is 13.2 Å². The second kappa shape index (κ2) is 56.7. The van der Waals surface area contributed by atoms with Crippen LogP contribution < -0.4 is 0 Å². The van der Waals surface area contributed by atoms with E-state index in [9.17, 15) is 14.4 Å². The van der Waals surface area contributed by atoms with Crippen LogP contribution in [0.5, 0.6) is 0 Å². The zero-order chi connectivity index (χ0) is 49.3. The van der Waals surface area contributed by atoms with Crippen molar-refractivity contribution in [2.45, 2.75) is 303 Å². The first-order chi connectivity index (χ1) is 33.5. The summed E-state index contributed by atoms with van der Waals surface area (Å²) in [4.78, 5) is 38.1. The molecule has 68 heavy (non-hydrogen) atoms. The Morgan fingerprint density at radius 3 is 0.882 bits per heavy atom.